The van der Waals surface area contributed by atoms with Crippen LogP contribution in [0.5, 0.6) is 5.75 Å². The summed E-state index contributed by atoms with van der Waals surface area (Å²) in [6, 6.07) is 18.0. The van der Waals surface area contributed by atoms with Crippen LogP contribution < -0.4 is 4.74 Å². The van der Waals surface area contributed by atoms with E-state index < -0.39 is 0 Å². The fourth-order valence-corrected chi connectivity index (χ4v) is 3.64. The van der Waals surface area contributed by atoms with Gasteiger partial charge in [0.2, 0.25) is 5.82 Å². The Labute approximate surface area is 157 Å². The number of fused-ring (bicyclic) bond motifs is 1. The molecule has 0 amide bonds. The first-order chi connectivity index (χ1) is 12.2. The summed E-state index contributed by atoms with van der Waals surface area (Å²) in [6.45, 7) is 0.418. The van der Waals surface area contributed by atoms with Crippen molar-refractivity contribution in [2.45, 2.75) is 6.61 Å². The van der Waals surface area contributed by atoms with Crippen molar-refractivity contribution in [3.8, 4) is 17.1 Å². The van der Waals surface area contributed by atoms with Crippen LogP contribution in [0.3, 0.4) is 0 Å². The maximum absolute atomic E-state index is 6.39. The van der Waals surface area contributed by atoms with Gasteiger partial charge < -0.3 is 4.74 Å². The molecular weight excluding hydrogens is 404 g/mol. The van der Waals surface area contributed by atoms with Crippen molar-refractivity contribution in [3.63, 3.8) is 0 Å². The van der Waals surface area contributed by atoms with Crippen LogP contribution in [0.2, 0.25) is 5.02 Å². The zero-order chi connectivity index (χ0) is 17.2. The molecule has 25 heavy (non-hydrogen) atoms. The first-order valence-electron chi connectivity index (χ1n) is 7.54. The molecule has 0 fully saturated rings. The normalized spacial score (nSPS) is 11.0. The quantitative estimate of drug-likeness (QED) is 0.508. The second-order valence-corrected chi connectivity index (χ2v) is 6.69. The molecule has 5 nitrogen and oxygen atoms in total. The smallest absolute Gasteiger partial charge is 0.204 e. The molecule has 0 saturated carbocycles. The molecule has 4 rings (SSSR count). The maximum atomic E-state index is 6.39. The van der Waals surface area contributed by atoms with Crippen LogP contribution in [-0.4, -0.2) is 20.6 Å². The first-order valence-corrected chi connectivity index (χ1v) is 8.72. The number of aromatic amines is 1. The molecule has 0 bridgehead atoms. The summed E-state index contributed by atoms with van der Waals surface area (Å²) in [4.78, 5) is 0. The van der Waals surface area contributed by atoms with Gasteiger partial charge in [0.15, 0.2) is 5.75 Å². The van der Waals surface area contributed by atoms with Crippen LogP contribution in [0.1, 0.15) is 5.56 Å². The van der Waals surface area contributed by atoms with Crippen LogP contribution in [-0.2, 0) is 6.61 Å². The van der Waals surface area contributed by atoms with Crippen molar-refractivity contribution in [3.05, 3.63) is 69.7 Å². The van der Waals surface area contributed by atoms with E-state index >= 15 is 0 Å². The summed E-state index contributed by atoms with van der Waals surface area (Å²) in [5.41, 5.74) is 1.85. The average molecular weight is 416 g/mol. The topological polar surface area (TPSA) is 63.7 Å². The predicted molar refractivity (Wildman–Crippen MR) is 101 cm³/mol. The van der Waals surface area contributed by atoms with Gasteiger partial charge in [-0.15, -0.1) is 10.2 Å². The van der Waals surface area contributed by atoms with Crippen LogP contribution in [0, 0.1) is 0 Å². The van der Waals surface area contributed by atoms with E-state index in [2.05, 4.69) is 60.8 Å². The molecule has 0 unspecified atom stereocenters. The number of tetrazole rings is 1. The highest BCUT2D eigenvalue weighted by Crippen LogP contribution is 2.37. The Balaban J connectivity index is 1.63. The van der Waals surface area contributed by atoms with Gasteiger partial charge in [0.1, 0.15) is 6.61 Å². The molecule has 0 aliphatic heterocycles. The fraction of sp³-hybridized carbons (Fsp3) is 0.0556. The van der Waals surface area contributed by atoms with Gasteiger partial charge in [-0.2, -0.15) is 5.21 Å². The number of nitrogens with one attached hydrogen (secondary N) is 1. The zero-order valence-electron chi connectivity index (χ0n) is 12.9. The molecule has 1 aromatic heterocycles. The molecule has 0 saturated heterocycles. The highest BCUT2D eigenvalue weighted by Gasteiger charge is 2.13. The molecule has 0 radical (unpaired) electrons. The predicted octanol–water partition coefficient (Wildman–Crippen LogP) is 5.01. The zero-order valence-corrected chi connectivity index (χ0v) is 15.3. The Bertz CT molecular complexity index is 1010. The number of H-pyrrole nitrogens is 1. The monoisotopic (exact) mass is 414 g/mol. The Kier molecular flexibility index (Phi) is 4.38. The van der Waals surface area contributed by atoms with Crippen LogP contribution in [0.25, 0.3) is 22.2 Å². The Hall–Kier alpha value is -2.44. The maximum Gasteiger partial charge on any atom is 0.204 e. The Morgan fingerprint density at radius 3 is 2.72 bits per heavy atom. The van der Waals surface area contributed by atoms with Gasteiger partial charge in [-0.3, -0.25) is 0 Å². The summed E-state index contributed by atoms with van der Waals surface area (Å²) < 4.78 is 6.73. The lowest BCUT2D eigenvalue weighted by Gasteiger charge is -2.12. The number of aromatic nitrogens is 4. The Morgan fingerprint density at radius 1 is 1.08 bits per heavy atom. The lowest BCUT2D eigenvalue weighted by atomic mass is 10.1. The average Bonchev–Trinajstić information content (AvgIpc) is 3.15. The second-order valence-electron chi connectivity index (χ2n) is 5.43. The van der Waals surface area contributed by atoms with E-state index in [-0.39, 0.29) is 0 Å². The summed E-state index contributed by atoms with van der Waals surface area (Å²) >= 11 is 9.91. The van der Waals surface area contributed by atoms with E-state index in [0.717, 1.165) is 15.6 Å². The molecule has 0 aliphatic carbocycles. The molecule has 124 valence electrons. The van der Waals surface area contributed by atoms with Gasteiger partial charge in [-0.1, -0.05) is 54.1 Å². The molecule has 7 heteroatoms. The van der Waals surface area contributed by atoms with E-state index in [1.807, 2.05) is 24.3 Å². The number of hydrogen-bond donors (Lipinski definition) is 1. The van der Waals surface area contributed by atoms with Crippen molar-refractivity contribution in [2.75, 3.05) is 0 Å². The minimum absolute atomic E-state index is 0.418. The van der Waals surface area contributed by atoms with E-state index in [1.165, 1.54) is 10.8 Å². The molecule has 0 aliphatic rings. The molecule has 1 heterocycles. The lowest BCUT2D eigenvalue weighted by Crippen LogP contribution is -1.98. The van der Waals surface area contributed by atoms with Gasteiger partial charge in [-0.25, -0.2) is 0 Å². The standard InChI is InChI=1S/C18H12BrClN4O/c19-15-8-13(18-21-23-24-22-18)9-16(20)17(15)25-10-12-6-3-5-11-4-1-2-7-14(11)12/h1-9H,10H2,(H,21,22,23,24). The highest BCUT2D eigenvalue weighted by molar-refractivity contribution is 9.10. The van der Waals surface area contributed by atoms with Crippen LogP contribution in [0.4, 0.5) is 0 Å². The van der Waals surface area contributed by atoms with Gasteiger partial charge in [0.05, 0.1) is 9.50 Å². The van der Waals surface area contributed by atoms with Crippen molar-refractivity contribution in [1.82, 2.24) is 20.6 Å². The van der Waals surface area contributed by atoms with Gasteiger partial charge in [0, 0.05) is 5.56 Å². The second kappa shape index (κ2) is 6.82. The first kappa shape index (κ1) is 16.1. The van der Waals surface area contributed by atoms with Gasteiger partial charge in [0.25, 0.3) is 0 Å². The highest BCUT2D eigenvalue weighted by atomic mass is 79.9. The molecule has 3 aromatic carbocycles. The van der Waals surface area contributed by atoms with Crippen molar-refractivity contribution in [1.29, 1.82) is 0 Å². The number of nitrogens with zero attached hydrogens (tertiary/aromatic N) is 3. The minimum atomic E-state index is 0.418. The summed E-state index contributed by atoms with van der Waals surface area (Å²) in [5, 5.41) is 16.7. The number of benzene rings is 3. The van der Waals surface area contributed by atoms with E-state index in [0.29, 0.717) is 23.2 Å². The van der Waals surface area contributed by atoms with Crippen LogP contribution >= 0.6 is 27.5 Å². The number of hydrogen-bond acceptors (Lipinski definition) is 4. The van der Waals surface area contributed by atoms with E-state index in [9.17, 15) is 0 Å². The largest absolute Gasteiger partial charge is 0.486 e. The lowest BCUT2D eigenvalue weighted by molar-refractivity contribution is 0.306. The molecular formula is C18H12BrClN4O. The molecule has 0 atom stereocenters. The van der Waals surface area contributed by atoms with E-state index in [4.69, 9.17) is 16.3 Å². The van der Waals surface area contributed by atoms with Crippen molar-refractivity contribution < 1.29 is 4.74 Å². The third-order valence-corrected chi connectivity index (χ3v) is 4.72. The third-order valence-electron chi connectivity index (χ3n) is 3.85. The minimum Gasteiger partial charge on any atom is -0.486 e. The van der Waals surface area contributed by atoms with Gasteiger partial charge in [-0.05, 0) is 49.6 Å². The van der Waals surface area contributed by atoms with Crippen molar-refractivity contribution >= 4 is 38.3 Å². The number of ether oxygens (including phenoxy) is 1. The van der Waals surface area contributed by atoms with Gasteiger partial charge >= 0.3 is 0 Å². The summed E-state index contributed by atoms with van der Waals surface area (Å²) in [7, 11) is 0. The number of rotatable bonds is 4. The fourth-order valence-electron chi connectivity index (χ4n) is 2.68. The number of halogens is 2. The third kappa shape index (κ3) is 3.23. The Morgan fingerprint density at radius 2 is 1.92 bits per heavy atom. The SMILES string of the molecule is Clc1cc(-c2nn[nH]n2)cc(Br)c1OCc1cccc2ccccc12. The van der Waals surface area contributed by atoms with Crippen LogP contribution in [0.15, 0.2) is 59.1 Å². The van der Waals surface area contributed by atoms with Crippen molar-refractivity contribution in [2.24, 2.45) is 0 Å². The summed E-state index contributed by atoms with van der Waals surface area (Å²) in [6.07, 6.45) is 0. The molecule has 4 aromatic rings. The molecule has 0 spiro atoms. The summed E-state index contributed by atoms with van der Waals surface area (Å²) in [5.74, 6) is 1.06. The van der Waals surface area contributed by atoms with E-state index in [1.54, 1.807) is 6.07 Å². The molecule has 1 N–H and O–H groups in total.